The molecule has 2 aromatic rings. The minimum Gasteiger partial charge on any atom is -0.463 e. The molecule has 0 heterocycles. The number of rotatable bonds is 4. The van der Waals surface area contributed by atoms with Gasteiger partial charge in [0.25, 0.3) is 0 Å². The van der Waals surface area contributed by atoms with Crippen molar-refractivity contribution in [2.24, 2.45) is 0 Å². The maximum Gasteiger partial charge on any atom is 0.330 e. The Morgan fingerprint density at radius 2 is 1.74 bits per heavy atom. The summed E-state index contributed by atoms with van der Waals surface area (Å²) in [4.78, 5) is 11.4. The Hall–Kier alpha value is -2.35. The second kappa shape index (κ2) is 6.55. The molecular weight excluding hydrogens is 236 g/mol. The third kappa shape index (κ3) is 3.55. The summed E-state index contributed by atoms with van der Waals surface area (Å²) in [5, 5.41) is 0. The van der Waals surface area contributed by atoms with E-state index in [1.165, 1.54) is 6.08 Å². The summed E-state index contributed by atoms with van der Waals surface area (Å²) in [6.45, 7) is 2.19. The van der Waals surface area contributed by atoms with Crippen LogP contribution in [0.4, 0.5) is 0 Å². The Morgan fingerprint density at radius 1 is 1.05 bits per heavy atom. The first-order valence-electron chi connectivity index (χ1n) is 6.30. The van der Waals surface area contributed by atoms with Gasteiger partial charge < -0.3 is 4.74 Å². The number of esters is 1. The van der Waals surface area contributed by atoms with E-state index < -0.39 is 0 Å². The highest BCUT2D eigenvalue weighted by Gasteiger charge is 2.02. The predicted molar refractivity (Wildman–Crippen MR) is 77.5 cm³/mol. The lowest BCUT2D eigenvalue weighted by Gasteiger charge is -2.05. The summed E-state index contributed by atoms with van der Waals surface area (Å²) >= 11 is 0. The monoisotopic (exact) mass is 252 g/mol. The van der Waals surface area contributed by atoms with E-state index >= 15 is 0 Å². The van der Waals surface area contributed by atoms with Crippen LogP contribution in [0.3, 0.4) is 0 Å². The van der Waals surface area contributed by atoms with Crippen molar-refractivity contribution in [2.45, 2.75) is 6.92 Å². The Bertz CT molecular complexity index is 571. The molecule has 0 aromatic heterocycles. The highest BCUT2D eigenvalue weighted by Crippen LogP contribution is 2.24. The fourth-order valence-corrected chi connectivity index (χ4v) is 1.87. The van der Waals surface area contributed by atoms with Gasteiger partial charge in [0.1, 0.15) is 0 Å². The van der Waals surface area contributed by atoms with Gasteiger partial charge in [-0.1, -0.05) is 54.6 Å². The van der Waals surface area contributed by atoms with Crippen molar-refractivity contribution in [1.29, 1.82) is 0 Å². The minimum atomic E-state index is -0.314. The lowest BCUT2D eigenvalue weighted by Crippen LogP contribution is -1.98. The quantitative estimate of drug-likeness (QED) is 0.608. The first kappa shape index (κ1) is 13.1. The van der Waals surface area contributed by atoms with Gasteiger partial charge in [0.15, 0.2) is 0 Å². The summed E-state index contributed by atoms with van der Waals surface area (Å²) in [6.07, 6.45) is 3.26. The second-order valence-corrected chi connectivity index (χ2v) is 4.04. The zero-order chi connectivity index (χ0) is 13.5. The highest BCUT2D eigenvalue weighted by atomic mass is 16.5. The molecule has 2 aromatic carbocycles. The molecule has 0 amide bonds. The van der Waals surface area contributed by atoms with Gasteiger partial charge in [0.05, 0.1) is 6.61 Å². The molecule has 0 saturated carbocycles. The molecule has 2 nitrogen and oxygen atoms in total. The highest BCUT2D eigenvalue weighted by molar-refractivity contribution is 5.89. The van der Waals surface area contributed by atoms with Gasteiger partial charge in [-0.15, -0.1) is 0 Å². The minimum absolute atomic E-state index is 0.314. The van der Waals surface area contributed by atoms with Gasteiger partial charge in [-0.3, -0.25) is 0 Å². The average Bonchev–Trinajstić information content (AvgIpc) is 2.47. The van der Waals surface area contributed by atoms with Gasteiger partial charge in [0.2, 0.25) is 0 Å². The van der Waals surface area contributed by atoms with E-state index in [1.54, 1.807) is 13.0 Å². The van der Waals surface area contributed by atoms with Crippen LogP contribution < -0.4 is 0 Å². The predicted octanol–water partition coefficient (Wildman–Crippen LogP) is 3.93. The van der Waals surface area contributed by atoms with Crippen LogP contribution >= 0.6 is 0 Å². The Morgan fingerprint density at radius 3 is 2.47 bits per heavy atom. The maximum atomic E-state index is 11.4. The number of benzene rings is 2. The number of hydrogen-bond donors (Lipinski definition) is 0. The van der Waals surface area contributed by atoms with Gasteiger partial charge in [-0.05, 0) is 29.7 Å². The molecule has 19 heavy (non-hydrogen) atoms. The van der Waals surface area contributed by atoms with Crippen molar-refractivity contribution < 1.29 is 9.53 Å². The van der Waals surface area contributed by atoms with Crippen LogP contribution in [0.5, 0.6) is 0 Å². The van der Waals surface area contributed by atoms with Crippen molar-refractivity contribution in [3.8, 4) is 11.1 Å². The topological polar surface area (TPSA) is 26.3 Å². The zero-order valence-electron chi connectivity index (χ0n) is 10.9. The molecule has 0 aliphatic rings. The number of ether oxygens (including phenoxy) is 1. The van der Waals surface area contributed by atoms with E-state index in [0.29, 0.717) is 6.61 Å². The van der Waals surface area contributed by atoms with Gasteiger partial charge in [-0.25, -0.2) is 4.79 Å². The molecule has 0 unspecified atom stereocenters. The molecule has 0 N–H and O–H groups in total. The normalized spacial score (nSPS) is 10.6. The standard InChI is InChI=1S/C17H16O2/c1-2-19-17(18)13-12-15-10-6-7-11-16(15)14-8-4-3-5-9-14/h3-13H,2H2,1H3/b13-12+. The molecule has 0 spiro atoms. The van der Waals surface area contributed by atoms with Crippen LogP contribution in [0.15, 0.2) is 60.7 Å². The molecule has 96 valence electrons. The van der Waals surface area contributed by atoms with E-state index in [9.17, 15) is 4.79 Å². The third-order valence-corrected chi connectivity index (χ3v) is 2.73. The average molecular weight is 252 g/mol. The summed E-state index contributed by atoms with van der Waals surface area (Å²) in [6, 6.07) is 18.1. The molecule has 0 fully saturated rings. The van der Waals surface area contributed by atoms with E-state index in [4.69, 9.17) is 4.74 Å². The molecular formula is C17H16O2. The summed E-state index contributed by atoms with van der Waals surface area (Å²) in [5.74, 6) is -0.314. The van der Waals surface area contributed by atoms with Gasteiger partial charge in [-0.2, -0.15) is 0 Å². The van der Waals surface area contributed by atoms with Crippen LogP contribution in [0.25, 0.3) is 17.2 Å². The molecule has 0 atom stereocenters. The fraction of sp³-hybridized carbons (Fsp3) is 0.118. The number of hydrogen-bond acceptors (Lipinski definition) is 2. The largest absolute Gasteiger partial charge is 0.463 e. The summed E-state index contributed by atoms with van der Waals surface area (Å²) in [5.41, 5.74) is 3.23. The summed E-state index contributed by atoms with van der Waals surface area (Å²) < 4.78 is 4.88. The Labute approximate surface area is 113 Å². The van der Waals surface area contributed by atoms with Crippen LogP contribution in [0.2, 0.25) is 0 Å². The second-order valence-electron chi connectivity index (χ2n) is 4.04. The van der Waals surface area contributed by atoms with E-state index in [0.717, 1.165) is 16.7 Å². The van der Waals surface area contributed by atoms with E-state index in [-0.39, 0.29) is 5.97 Å². The molecule has 0 saturated heterocycles. The first-order valence-corrected chi connectivity index (χ1v) is 6.30. The van der Waals surface area contributed by atoms with E-state index in [1.807, 2.05) is 42.5 Å². The van der Waals surface area contributed by atoms with Crippen molar-refractivity contribution in [3.05, 3.63) is 66.2 Å². The van der Waals surface area contributed by atoms with Crippen molar-refractivity contribution in [1.82, 2.24) is 0 Å². The Balaban J connectivity index is 2.30. The molecule has 0 aliphatic heterocycles. The van der Waals surface area contributed by atoms with Crippen LogP contribution in [-0.4, -0.2) is 12.6 Å². The SMILES string of the molecule is CCOC(=O)/C=C/c1ccccc1-c1ccccc1. The lowest BCUT2D eigenvalue weighted by atomic mass is 9.99. The lowest BCUT2D eigenvalue weighted by molar-refractivity contribution is -0.137. The van der Waals surface area contributed by atoms with Gasteiger partial charge in [0, 0.05) is 6.08 Å². The molecule has 0 bridgehead atoms. The molecule has 0 aliphatic carbocycles. The molecule has 0 radical (unpaired) electrons. The fourth-order valence-electron chi connectivity index (χ4n) is 1.87. The maximum absolute atomic E-state index is 11.4. The molecule has 2 heteroatoms. The third-order valence-electron chi connectivity index (χ3n) is 2.73. The molecule has 2 rings (SSSR count). The number of carbonyl (C=O) groups excluding carboxylic acids is 1. The van der Waals surface area contributed by atoms with Crippen molar-refractivity contribution in [3.63, 3.8) is 0 Å². The first-order chi connectivity index (χ1) is 9.31. The Kier molecular flexibility index (Phi) is 4.51. The van der Waals surface area contributed by atoms with Crippen LogP contribution in [0.1, 0.15) is 12.5 Å². The van der Waals surface area contributed by atoms with Crippen LogP contribution in [-0.2, 0) is 9.53 Å². The van der Waals surface area contributed by atoms with Gasteiger partial charge >= 0.3 is 5.97 Å². The zero-order valence-corrected chi connectivity index (χ0v) is 10.9. The van der Waals surface area contributed by atoms with E-state index in [2.05, 4.69) is 12.1 Å². The van der Waals surface area contributed by atoms with Crippen molar-refractivity contribution in [2.75, 3.05) is 6.61 Å². The van der Waals surface area contributed by atoms with Crippen LogP contribution in [0, 0.1) is 0 Å². The smallest absolute Gasteiger partial charge is 0.330 e. The summed E-state index contributed by atoms with van der Waals surface area (Å²) in [7, 11) is 0. The number of carbonyl (C=O) groups is 1. The van der Waals surface area contributed by atoms with Crippen molar-refractivity contribution >= 4 is 12.0 Å².